The van der Waals surface area contributed by atoms with Crippen LogP contribution in [0.1, 0.15) is 0 Å². The van der Waals surface area contributed by atoms with E-state index in [4.69, 9.17) is 16.9 Å². The predicted octanol–water partition coefficient (Wildman–Crippen LogP) is 1.04. The van der Waals surface area contributed by atoms with Crippen LogP contribution in [0.4, 0.5) is 5.69 Å². The zero-order chi connectivity index (χ0) is 13.1. The van der Waals surface area contributed by atoms with Crippen molar-refractivity contribution in [3.8, 4) is 6.07 Å². The molecule has 1 heterocycles. The van der Waals surface area contributed by atoms with Gasteiger partial charge in [-0.1, -0.05) is 11.6 Å². The van der Waals surface area contributed by atoms with Crippen molar-refractivity contribution in [1.82, 2.24) is 4.90 Å². The van der Waals surface area contributed by atoms with Crippen LogP contribution in [-0.2, 0) is 9.59 Å². The molecular formula is C12H10ClN3O2. The lowest BCUT2D eigenvalue weighted by Crippen LogP contribution is -2.54. The highest BCUT2D eigenvalue weighted by Crippen LogP contribution is 2.20. The van der Waals surface area contributed by atoms with Crippen molar-refractivity contribution >= 4 is 29.1 Å². The molecule has 1 fully saturated rings. The van der Waals surface area contributed by atoms with E-state index in [1.165, 1.54) is 0 Å². The van der Waals surface area contributed by atoms with E-state index >= 15 is 0 Å². The van der Waals surface area contributed by atoms with E-state index < -0.39 is 0 Å². The van der Waals surface area contributed by atoms with Crippen LogP contribution in [0.5, 0.6) is 0 Å². The summed E-state index contributed by atoms with van der Waals surface area (Å²) in [4.78, 5) is 26.1. The fourth-order valence-corrected chi connectivity index (χ4v) is 1.90. The Morgan fingerprint density at radius 1 is 1.17 bits per heavy atom. The monoisotopic (exact) mass is 263 g/mol. The van der Waals surface area contributed by atoms with Crippen molar-refractivity contribution in [1.29, 1.82) is 5.26 Å². The summed E-state index contributed by atoms with van der Waals surface area (Å²) in [6.45, 7) is -0.00374. The molecule has 1 aliphatic rings. The zero-order valence-electron chi connectivity index (χ0n) is 9.47. The molecule has 0 spiro atoms. The number of nitriles is 1. The molecule has 2 rings (SSSR count). The Bertz CT molecular complexity index is 503. The van der Waals surface area contributed by atoms with Gasteiger partial charge in [0.15, 0.2) is 0 Å². The van der Waals surface area contributed by atoms with E-state index in [2.05, 4.69) is 0 Å². The Morgan fingerprint density at radius 2 is 1.72 bits per heavy atom. The molecule has 0 aromatic heterocycles. The maximum atomic E-state index is 11.7. The number of hydrogen-bond acceptors (Lipinski definition) is 4. The number of carbonyl (C=O) groups is 2. The first kappa shape index (κ1) is 12.4. The van der Waals surface area contributed by atoms with Gasteiger partial charge in [-0.3, -0.25) is 14.5 Å². The van der Waals surface area contributed by atoms with Gasteiger partial charge < -0.3 is 4.90 Å². The summed E-state index contributed by atoms with van der Waals surface area (Å²) < 4.78 is 0. The van der Waals surface area contributed by atoms with E-state index in [9.17, 15) is 9.59 Å². The van der Waals surface area contributed by atoms with Crippen molar-refractivity contribution in [2.24, 2.45) is 0 Å². The van der Waals surface area contributed by atoms with Crippen LogP contribution in [-0.4, -0.2) is 36.3 Å². The summed E-state index contributed by atoms with van der Waals surface area (Å²) in [5, 5.41) is 9.14. The number of benzene rings is 1. The number of halogens is 1. The third kappa shape index (κ3) is 2.44. The topological polar surface area (TPSA) is 64.4 Å². The minimum atomic E-state index is -0.359. The maximum Gasteiger partial charge on any atom is 0.249 e. The van der Waals surface area contributed by atoms with Crippen LogP contribution in [0.2, 0.25) is 5.02 Å². The van der Waals surface area contributed by atoms with Gasteiger partial charge in [-0.2, -0.15) is 5.26 Å². The normalized spacial score (nSPS) is 15.8. The third-order valence-corrected chi connectivity index (χ3v) is 2.93. The van der Waals surface area contributed by atoms with Crippen LogP contribution < -0.4 is 4.90 Å². The van der Waals surface area contributed by atoms with Crippen molar-refractivity contribution in [3.05, 3.63) is 29.3 Å². The average Bonchev–Trinajstić information content (AvgIpc) is 2.34. The van der Waals surface area contributed by atoms with Crippen molar-refractivity contribution < 1.29 is 9.59 Å². The zero-order valence-corrected chi connectivity index (χ0v) is 10.2. The van der Waals surface area contributed by atoms with Crippen molar-refractivity contribution in [3.63, 3.8) is 0 Å². The minimum Gasteiger partial charge on any atom is -0.353 e. The molecule has 5 nitrogen and oxygen atoms in total. The van der Waals surface area contributed by atoms with E-state index in [-0.39, 0.29) is 31.4 Å². The van der Waals surface area contributed by atoms with Gasteiger partial charge in [0.25, 0.3) is 0 Å². The number of rotatable bonds is 2. The minimum absolute atomic E-state index is 0.0923. The van der Waals surface area contributed by atoms with Gasteiger partial charge in [-0.05, 0) is 24.3 Å². The number of piperazine rings is 1. The molecular weight excluding hydrogens is 254 g/mol. The highest BCUT2D eigenvalue weighted by Gasteiger charge is 2.30. The van der Waals surface area contributed by atoms with E-state index in [0.717, 1.165) is 10.6 Å². The highest BCUT2D eigenvalue weighted by atomic mass is 35.5. The van der Waals surface area contributed by atoms with Crippen LogP contribution in [0.15, 0.2) is 24.3 Å². The molecule has 2 amide bonds. The second-order valence-corrected chi connectivity index (χ2v) is 4.30. The van der Waals surface area contributed by atoms with Gasteiger partial charge in [0, 0.05) is 10.7 Å². The summed E-state index contributed by atoms with van der Waals surface area (Å²) in [7, 11) is 0. The van der Waals surface area contributed by atoms with Gasteiger partial charge in [0.1, 0.15) is 6.54 Å². The SMILES string of the molecule is N#CCN1C(=O)CN(c2ccc(Cl)cc2)CC1=O. The number of amides is 2. The van der Waals surface area contributed by atoms with Crippen molar-refractivity contribution in [2.75, 3.05) is 24.5 Å². The molecule has 6 heteroatoms. The number of carbonyl (C=O) groups excluding carboxylic acids is 2. The molecule has 0 aliphatic carbocycles. The highest BCUT2D eigenvalue weighted by molar-refractivity contribution is 6.30. The van der Waals surface area contributed by atoms with Crippen LogP contribution in [0.3, 0.4) is 0 Å². The maximum absolute atomic E-state index is 11.7. The Hall–Kier alpha value is -2.06. The molecule has 1 aliphatic heterocycles. The molecule has 0 N–H and O–H groups in total. The molecule has 1 aromatic rings. The number of imide groups is 1. The fraction of sp³-hybridized carbons (Fsp3) is 0.250. The van der Waals surface area contributed by atoms with E-state index in [0.29, 0.717) is 5.02 Å². The largest absolute Gasteiger partial charge is 0.353 e. The second kappa shape index (κ2) is 5.07. The molecule has 0 unspecified atom stereocenters. The molecule has 1 saturated heterocycles. The van der Waals surface area contributed by atoms with Crippen molar-refractivity contribution in [2.45, 2.75) is 0 Å². The van der Waals surface area contributed by atoms with Gasteiger partial charge in [-0.25, -0.2) is 0 Å². The van der Waals surface area contributed by atoms with E-state index in [1.807, 2.05) is 6.07 Å². The standard InChI is InChI=1S/C12H10ClN3O2/c13-9-1-3-10(4-2-9)15-7-11(17)16(6-5-14)12(18)8-15/h1-4H,6-8H2. The summed E-state index contributed by atoms with van der Waals surface area (Å²) >= 11 is 5.78. The number of nitrogens with zero attached hydrogens (tertiary/aromatic N) is 3. The van der Waals surface area contributed by atoms with Gasteiger partial charge in [-0.15, -0.1) is 0 Å². The second-order valence-electron chi connectivity index (χ2n) is 3.86. The van der Waals surface area contributed by atoms with Gasteiger partial charge >= 0.3 is 0 Å². The fourth-order valence-electron chi connectivity index (χ4n) is 1.77. The molecule has 0 bridgehead atoms. The van der Waals surface area contributed by atoms with Crippen LogP contribution in [0, 0.1) is 11.3 Å². The third-order valence-electron chi connectivity index (χ3n) is 2.67. The average molecular weight is 264 g/mol. The summed E-state index contributed by atoms with van der Waals surface area (Å²) in [6.07, 6.45) is 0. The smallest absolute Gasteiger partial charge is 0.249 e. The quantitative estimate of drug-likeness (QED) is 0.591. The van der Waals surface area contributed by atoms with Crippen LogP contribution in [0.25, 0.3) is 0 Å². The lowest BCUT2D eigenvalue weighted by atomic mass is 10.2. The molecule has 0 radical (unpaired) electrons. The van der Waals surface area contributed by atoms with Gasteiger partial charge in [0.05, 0.1) is 19.2 Å². The molecule has 1 aromatic carbocycles. The Kier molecular flexibility index (Phi) is 3.49. The lowest BCUT2D eigenvalue weighted by molar-refractivity contribution is -0.144. The first-order valence-corrected chi connectivity index (χ1v) is 5.70. The Labute approximate surface area is 109 Å². The molecule has 0 atom stereocenters. The summed E-state index contributed by atoms with van der Waals surface area (Å²) in [6, 6.07) is 8.72. The molecule has 18 heavy (non-hydrogen) atoms. The first-order valence-electron chi connectivity index (χ1n) is 5.32. The Morgan fingerprint density at radius 3 is 2.22 bits per heavy atom. The lowest BCUT2D eigenvalue weighted by Gasteiger charge is -2.32. The number of anilines is 1. The summed E-state index contributed by atoms with van der Waals surface area (Å²) in [5.74, 6) is -0.717. The van der Waals surface area contributed by atoms with E-state index in [1.54, 1.807) is 29.2 Å². The predicted molar refractivity (Wildman–Crippen MR) is 66.0 cm³/mol. The molecule has 0 saturated carbocycles. The van der Waals surface area contributed by atoms with Crippen LogP contribution >= 0.6 is 11.6 Å². The Balaban J connectivity index is 2.15. The number of hydrogen-bond donors (Lipinski definition) is 0. The molecule has 92 valence electrons. The van der Waals surface area contributed by atoms with Gasteiger partial charge in [0.2, 0.25) is 11.8 Å². The first-order chi connectivity index (χ1) is 8.61. The summed E-state index contributed by atoms with van der Waals surface area (Å²) in [5.41, 5.74) is 0.762.